The van der Waals surface area contributed by atoms with Gasteiger partial charge in [0.2, 0.25) is 5.91 Å². The van der Waals surface area contributed by atoms with Crippen LogP contribution in [0.3, 0.4) is 0 Å². The van der Waals surface area contributed by atoms with Crippen molar-refractivity contribution in [1.29, 1.82) is 0 Å². The monoisotopic (exact) mass is 469 g/mol. The summed E-state index contributed by atoms with van der Waals surface area (Å²) in [5.41, 5.74) is 4.58. The molecule has 1 aromatic heterocycles. The quantitative estimate of drug-likeness (QED) is 0.489. The fourth-order valence-corrected chi connectivity index (χ4v) is 4.95. The number of hydrogen-bond donors (Lipinski definition) is 1. The molecule has 3 aromatic rings. The molecule has 1 amide bonds. The van der Waals surface area contributed by atoms with Crippen molar-refractivity contribution < 1.29 is 4.79 Å². The van der Waals surface area contributed by atoms with Crippen LogP contribution in [0, 0.1) is 13.8 Å². The second kappa shape index (κ2) is 10.5. The van der Waals surface area contributed by atoms with Crippen molar-refractivity contribution in [1.82, 2.24) is 25.0 Å². The minimum atomic E-state index is -0.0177. The summed E-state index contributed by atoms with van der Waals surface area (Å²) in [4.78, 5) is 15.1. The molecule has 2 heterocycles. The third-order valence-corrected chi connectivity index (χ3v) is 7.10. The zero-order valence-corrected chi connectivity index (χ0v) is 20.0. The second-order valence-corrected chi connectivity index (χ2v) is 9.54. The molecule has 168 valence electrons. The number of carbonyl (C=O) groups is 1. The van der Waals surface area contributed by atoms with Gasteiger partial charge in [-0.05, 0) is 80.7 Å². The van der Waals surface area contributed by atoms with Gasteiger partial charge in [0, 0.05) is 17.3 Å². The summed E-state index contributed by atoms with van der Waals surface area (Å²) >= 11 is 7.62. The Morgan fingerprint density at radius 1 is 1.16 bits per heavy atom. The van der Waals surface area contributed by atoms with Crippen LogP contribution in [-0.4, -0.2) is 51.0 Å². The third-order valence-electron chi connectivity index (χ3n) is 5.92. The molecule has 1 aliphatic heterocycles. The number of rotatable bonds is 8. The van der Waals surface area contributed by atoms with Crippen LogP contribution in [0.15, 0.2) is 53.9 Å². The molecule has 1 saturated heterocycles. The number of thioether (sulfide) groups is 1. The molecule has 0 saturated carbocycles. The number of nitrogens with zero attached hydrogens (tertiary/aromatic N) is 4. The van der Waals surface area contributed by atoms with Crippen LogP contribution in [0.1, 0.15) is 35.6 Å². The molecule has 1 fully saturated rings. The lowest BCUT2D eigenvalue weighted by Crippen LogP contribution is -2.37. The van der Waals surface area contributed by atoms with E-state index in [-0.39, 0.29) is 17.7 Å². The molecule has 32 heavy (non-hydrogen) atoms. The highest BCUT2D eigenvalue weighted by atomic mass is 35.5. The number of hydrogen-bond acceptors (Lipinski definition) is 5. The summed E-state index contributed by atoms with van der Waals surface area (Å²) in [5, 5.41) is 12.8. The van der Waals surface area contributed by atoms with E-state index in [2.05, 4.69) is 52.5 Å². The number of aryl methyl sites for hydroxylation is 2. The van der Waals surface area contributed by atoms with E-state index in [1.165, 1.54) is 35.7 Å². The predicted octanol–water partition coefficient (Wildman–Crippen LogP) is 4.58. The largest absolute Gasteiger partial charge is 0.353 e. The maximum absolute atomic E-state index is 12.7. The normalized spacial score (nSPS) is 15.1. The van der Waals surface area contributed by atoms with Gasteiger partial charge in [-0.1, -0.05) is 41.6 Å². The molecule has 0 bridgehead atoms. The van der Waals surface area contributed by atoms with E-state index in [1.54, 1.807) is 6.33 Å². The molecule has 1 N–H and O–H groups in total. The van der Waals surface area contributed by atoms with Gasteiger partial charge in [-0.2, -0.15) is 0 Å². The van der Waals surface area contributed by atoms with Gasteiger partial charge in [-0.25, -0.2) is 0 Å². The summed E-state index contributed by atoms with van der Waals surface area (Å²) in [6.45, 7) is 6.82. The fraction of sp³-hybridized carbons (Fsp3) is 0.375. The summed E-state index contributed by atoms with van der Waals surface area (Å²) in [7, 11) is 0. The molecule has 0 radical (unpaired) electrons. The van der Waals surface area contributed by atoms with Crippen molar-refractivity contribution in [2.75, 3.05) is 25.4 Å². The minimum Gasteiger partial charge on any atom is -0.353 e. The molecular formula is C24H28ClN5OS. The maximum atomic E-state index is 12.7. The fourth-order valence-electron chi connectivity index (χ4n) is 3.99. The Balaban J connectivity index is 1.37. The van der Waals surface area contributed by atoms with E-state index in [0.29, 0.717) is 11.7 Å². The Bertz CT molecular complexity index is 1080. The highest BCUT2D eigenvalue weighted by molar-refractivity contribution is 7.99. The van der Waals surface area contributed by atoms with Gasteiger partial charge in [-0.15, -0.1) is 10.2 Å². The van der Waals surface area contributed by atoms with Crippen molar-refractivity contribution in [3.8, 4) is 5.69 Å². The van der Waals surface area contributed by atoms with E-state index in [9.17, 15) is 4.79 Å². The van der Waals surface area contributed by atoms with Gasteiger partial charge in [0.05, 0.1) is 11.8 Å². The molecular weight excluding hydrogens is 442 g/mol. The molecule has 0 spiro atoms. The van der Waals surface area contributed by atoms with E-state index >= 15 is 0 Å². The topological polar surface area (TPSA) is 63.1 Å². The second-order valence-electron chi connectivity index (χ2n) is 8.16. The number of benzene rings is 2. The molecule has 6 nitrogen and oxygen atoms in total. The molecule has 1 aliphatic rings. The Kier molecular flexibility index (Phi) is 7.50. The third kappa shape index (κ3) is 5.52. The SMILES string of the molecule is Cc1ccc(-n2cnnc2SCC(=O)NC[C@H](c2cccc(Cl)c2)N2CCCC2)cc1C. The Hall–Kier alpha value is -2.35. The number of aromatic nitrogens is 3. The molecule has 1 atom stereocenters. The van der Waals surface area contributed by atoms with Crippen molar-refractivity contribution in [3.05, 3.63) is 70.5 Å². The van der Waals surface area contributed by atoms with Gasteiger partial charge < -0.3 is 5.32 Å². The van der Waals surface area contributed by atoms with Gasteiger partial charge in [0.25, 0.3) is 0 Å². The highest BCUT2D eigenvalue weighted by Gasteiger charge is 2.24. The van der Waals surface area contributed by atoms with Crippen molar-refractivity contribution in [3.63, 3.8) is 0 Å². The van der Waals surface area contributed by atoms with Crippen LogP contribution in [0.4, 0.5) is 0 Å². The highest BCUT2D eigenvalue weighted by Crippen LogP contribution is 2.27. The first-order chi connectivity index (χ1) is 15.5. The number of halogens is 1. The Labute approximate surface area is 198 Å². The van der Waals surface area contributed by atoms with Gasteiger partial charge in [0.15, 0.2) is 5.16 Å². The standard InChI is InChI=1S/C24H28ClN5OS/c1-17-8-9-21(12-18(17)2)30-16-27-28-24(30)32-15-23(31)26-14-22(29-10-3-4-11-29)19-6-5-7-20(25)13-19/h5-9,12-13,16,22H,3-4,10-11,14-15H2,1-2H3,(H,26,31)/t22-/m1/s1. The van der Waals surface area contributed by atoms with Gasteiger partial charge in [-0.3, -0.25) is 14.3 Å². The van der Waals surface area contributed by atoms with Crippen LogP contribution >= 0.6 is 23.4 Å². The molecule has 4 rings (SSSR count). The molecule has 0 aliphatic carbocycles. The first kappa shape index (κ1) is 22.8. The van der Waals surface area contributed by atoms with Crippen molar-refractivity contribution >= 4 is 29.3 Å². The van der Waals surface area contributed by atoms with E-state index < -0.39 is 0 Å². The molecule has 8 heteroatoms. The Morgan fingerprint density at radius 2 is 1.97 bits per heavy atom. The van der Waals surface area contributed by atoms with E-state index in [0.717, 1.165) is 29.4 Å². The lowest BCUT2D eigenvalue weighted by molar-refractivity contribution is -0.118. The van der Waals surface area contributed by atoms with Gasteiger partial charge >= 0.3 is 0 Å². The van der Waals surface area contributed by atoms with Crippen LogP contribution in [0.5, 0.6) is 0 Å². The number of amides is 1. The van der Waals surface area contributed by atoms with Crippen molar-refractivity contribution in [2.24, 2.45) is 0 Å². The first-order valence-electron chi connectivity index (χ1n) is 10.9. The average Bonchev–Trinajstić information content (AvgIpc) is 3.47. The molecule has 2 aromatic carbocycles. The van der Waals surface area contributed by atoms with Crippen LogP contribution in [0.25, 0.3) is 5.69 Å². The van der Waals surface area contributed by atoms with E-state index in [1.807, 2.05) is 28.8 Å². The maximum Gasteiger partial charge on any atom is 0.230 e. The first-order valence-corrected chi connectivity index (χ1v) is 12.2. The number of likely N-dealkylation sites (tertiary alicyclic amines) is 1. The van der Waals surface area contributed by atoms with Crippen molar-refractivity contribution in [2.45, 2.75) is 37.9 Å². The lowest BCUT2D eigenvalue weighted by atomic mass is 10.1. The number of carbonyl (C=O) groups excluding carboxylic acids is 1. The number of nitrogens with one attached hydrogen (secondary N) is 1. The average molecular weight is 470 g/mol. The van der Waals surface area contributed by atoms with Crippen LogP contribution in [0.2, 0.25) is 5.02 Å². The summed E-state index contributed by atoms with van der Waals surface area (Å²) < 4.78 is 1.92. The minimum absolute atomic E-state index is 0.0177. The van der Waals surface area contributed by atoms with Crippen LogP contribution < -0.4 is 5.32 Å². The smallest absolute Gasteiger partial charge is 0.230 e. The lowest BCUT2D eigenvalue weighted by Gasteiger charge is -2.28. The summed E-state index contributed by atoms with van der Waals surface area (Å²) in [6, 6.07) is 14.3. The summed E-state index contributed by atoms with van der Waals surface area (Å²) in [5.74, 6) is 0.266. The zero-order valence-electron chi connectivity index (χ0n) is 18.4. The zero-order chi connectivity index (χ0) is 22.5. The van der Waals surface area contributed by atoms with Gasteiger partial charge in [0.1, 0.15) is 6.33 Å². The summed E-state index contributed by atoms with van der Waals surface area (Å²) in [6.07, 6.45) is 4.07. The van der Waals surface area contributed by atoms with E-state index in [4.69, 9.17) is 11.6 Å². The molecule has 0 unspecified atom stereocenters. The Morgan fingerprint density at radius 3 is 2.72 bits per heavy atom. The predicted molar refractivity (Wildman–Crippen MR) is 130 cm³/mol. The van der Waals surface area contributed by atoms with Crippen LogP contribution in [-0.2, 0) is 4.79 Å².